The lowest BCUT2D eigenvalue weighted by atomic mass is 9.94. The molecule has 7 heteroatoms. The van der Waals surface area contributed by atoms with Crippen molar-refractivity contribution >= 4 is 17.9 Å². The van der Waals surface area contributed by atoms with E-state index in [4.69, 9.17) is 14.2 Å². The molecule has 0 aliphatic rings. The summed E-state index contributed by atoms with van der Waals surface area (Å²) in [6.07, 6.45) is 10.1. The Labute approximate surface area is 226 Å². The quantitative estimate of drug-likeness (QED) is 0.115. The van der Waals surface area contributed by atoms with Gasteiger partial charge in [0, 0.05) is 0 Å². The molecule has 0 unspecified atom stereocenters. The van der Waals surface area contributed by atoms with Crippen molar-refractivity contribution in [1.82, 2.24) is 0 Å². The minimum Gasteiger partial charge on any atom is -0.465 e. The van der Waals surface area contributed by atoms with Crippen LogP contribution < -0.4 is 0 Å². The van der Waals surface area contributed by atoms with E-state index in [0.717, 1.165) is 77.0 Å². The zero-order valence-electron chi connectivity index (χ0n) is 24.6. The lowest BCUT2D eigenvalue weighted by molar-refractivity contribution is -0.179. The third-order valence-electron chi connectivity index (χ3n) is 6.85. The molecule has 0 amide bonds. The van der Waals surface area contributed by atoms with Gasteiger partial charge in [-0.1, -0.05) is 80.1 Å². The van der Waals surface area contributed by atoms with Gasteiger partial charge in [-0.05, 0) is 56.3 Å². The molecule has 1 N–H and O–H groups in total. The number of hydrogen-bond donors (Lipinski definition) is 1. The Hall–Kier alpha value is -1.63. The van der Waals surface area contributed by atoms with E-state index in [0.29, 0.717) is 0 Å². The average molecular weight is 529 g/mol. The van der Waals surface area contributed by atoms with Crippen LogP contribution >= 0.6 is 0 Å². The Morgan fingerprint density at radius 2 is 0.811 bits per heavy atom. The number of rotatable bonds is 23. The third-order valence-corrected chi connectivity index (χ3v) is 6.85. The van der Waals surface area contributed by atoms with Gasteiger partial charge in [0.1, 0.15) is 0 Å². The summed E-state index contributed by atoms with van der Waals surface area (Å²) in [6, 6.07) is 0. The second-order valence-corrected chi connectivity index (χ2v) is 10.7. The van der Waals surface area contributed by atoms with Crippen LogP contribution in [0.25, 0.3) is 0 Å². The van der Waals surface area contributed by atoms with Crippen LogP contribution in [0.4, 0.5) is 0 Å². The van der Waals surface area contributed by atoms with Crippen molar-refractivity contribution in [3.05, 3.63) is 0 Å². The molecule has 0 aromatic heterocycles. The zero-order valence-corrected chi connectivity index (χ0v) is 24.6. The summed E-state index contributed by atoms with van der Waals surface area (Å²) < 4.78 is 16.4. The summed E-state index contributed by atoms with van der Waals surface area (Å²) >= 11 is 0. The molecule has 0 rings (SSSR count). The van der Waals surface area contributed by atoms with E-state index in [1.54, 1.807) is 0 Å². The molecule has 0 saturated carbocycles. The van der Waals surface area contributed by atoms with Crippen LogP contribution in [0, 0.1) is 17.8 Å². The highest BCUT2D eigenvalue weighted by atomic mass is 16.6. The molecule has 0 saturated heterocycles. The van der Waals surface area contributed by atoms with Crippen molar-refractivity contribution in [1.29, 1.82) is 0 Å². The molecule has 0 heterocycles. The van der Waals surface area contributed by atoms with Crippen molar-refractivity contribution in [2.24, 2.45) is 17.8 Å². The molecule has 0 aromatic rings. The van der Waals surface area contributed by atoms with Crippen LogP contribution in [0.5, 0.6) is 0 Å². The van der Waals surface area contributed by atoms with E-state index in [2.05, 4.69) is 41.5 Å². The van der Waals surface area contributed by atoms with Gasteiger partial charge in [-0.25, -0.2) is 4.79 Å². The van der Waals surface area contributed by atoms with Gasteiger partial charge in [0.05, 0.1) is 32.7 Å². The molecular weight excluding hydrogens is 472 g/mol. The van der Waals surface area contributed by atoms with E-state index in [9.17, 15) is 19.5 Å². The summed E-state index contributed by atoms with van der Waals surface area (Å²) in [5.41, 5.74) is -2.31. The average Bonchev–Trinajstić information content (AvgIpc) is 2.85. The molecule has 0 atom stereocenters. The number of aliphatic hydroxyl groups is 1. The molecule has 218 valence electrons. The first-order valence-corrected chi connectivity index (χ1v) is 14.9. The van der Waals surface area contributed by atoms with Crippen LogP contribution in [-0.4, -0.2) is 48.4 Å². The SMILES string of the molecule is CCCC(CCC)COC(=O)CC(O)(CC(=O)OCC(CCC)CCC)C(=O)OCC(CCC)CCC. The molecular formula is C30H56O7. The fourth-order valence-electron chi connectivity index (χ4n) is 4.92. The summed E-state index contributed by atoms with van der Waals surface area (Å²) in [5, 5.41) is 11.3. The maximum atomic E-state index is 13.0. The summed E-state index contributed by atoms with van der Waals surface area (Å²) in [5.74, 6) is -1.73. The predicted molar refractivity (Wildman–Crippen MR) is 147 cm³/mol. The van der Waals surface area contributed by atoms with Gasteiger partial charge in [0.15, 0.2) is 5.60 Å². The summed E-state index contributed by atoms with van der Waals surface area (Å²) in [7, 11) is 0. The van der Waals surface area contributed by atoms with E-state index in [1.807, 2.05) is 0 Å². The third kappa shape index (κ3) is 16.0. The van der Waals surface area contributed by atoms with Crippen molar-refractivity contribution in [2.75, 3.05) is 19.8 Å². The number of carbonyl (C=O) groups is 3. The highest BCUT2D eigenvalue weighted by Gasteiger charge is 2.43. The van der Waals surface area contributed by atoms with E-state index in [-0.39, 0.29) is 37.6 Å². The van der Waals surface area contributed by atoms with Crippen LogP contribution in [0.2, 0.25) is 0 Å². The molecule has 0 bridgehead atoms. The van der Waals surface area contributed by atoms with Gasteiger partial charge in [0.25, 0.3) is 0 Å². The standard InChI is InChI=1S/C30H56O7/c1-7-13-24(14-8-2)21-35-27(31)19-30(34,29(33)37-23-26(17-11-5)18-12-6)20-28(32)36-22-25(15-9-3)16-10-4/h24-26,34H,7-23H2,1-6H3. The predicted octanol–water partition coefficient (Wildman–Crippen LogP) is 6.78. The van der Waals surface area contributed by atoms with Crippen LogP contribution in [-0.2, 0) is 28.6 Å². The molecule has 37 heavy (non-hydrogen) atoms. The molecule has 0 spiro atoms. The van der Waals surface area contributed by atoms with E-state index >= 15 is 0 Å². The van der Waals surface area contributed by atoms with Crippen LogP contribution in [0.3, 0.4) is 0 Å². The smallest absolute Gasteiger partial charge is 0.339 e. The Morgan fingerprint density at radius 3 is 1.08 bits per heavy atom. The molecule has 0 fully saturated rings. The Kier molecular flexibility index (Phi) is 20.4. The lowest BCUT2D eigenvalue weighted by Gasteiger charge is -2.26. The van der Waals surface area contributed by atoms with Gasteiger partial charge in [-0.3, -0.25) is 9.59 Å². The molecule has 0 aromatic carbocycles. The summed E-state index contributed by atoms with van der Waals surface area (Å²) in [6.45, 7) is 13.1. The Bertz CT molecular complexity index is 567. The van der Waals surface area contributed by atoms with Crippen molar-refractivity contribution in [3.63, 3.8) is 0 Å². The van der Waals surface area contributed by atoms with Crippen molar-refractivity contribution in [2.45, 2.75) is 137 Å². The first kappa shape index (κ1) is 35.4. The molecule has 7 nitrogen and oxygen atoms in total. The number of carbonyl (C=O) groups excluding carboxylic acids is 3. The monoisotopic (exact) mass is 528 g/mol. The zero-order chi connectivity index (χ0) is 28.1. The molecule has 0 aliphatic carbocycles. The number of esters is 3. The first-order valence-electron chi connectivity index (χ1n) is 14.9. The Balaban J connectivity index is 5.38. The molecule has 0 radical (unpaired) electrons. The van der Waals surface area contributed by atoms with E-state index < -0.39 is 36.4 Å². The first-order chi connectivity index (χ1) is 17.7. The largest absolute Gasteiger partial charge is 0.465 e. The van der Waals surface area contributed by atoms with Crippen LogP contribution in [0.1, 0.15) is 131 Å². The lowest BCUT2D eigenvalue weighted by Crippen LogP contribution is -2.45. The van der Waals surface area contributed by atoms with Crippen molar-refractivity contribution < 1.29 is 33.7 Å². The van der Waals surface area contributed by atoms with Gasteiger partial charge >= 0.3 is 17.9 Å². The minimum atomic E-state index is -2.31. The second-order valence-electron chi connectivity index (χ2n) is 10.7. The normalized spacial score (nSPS) is 11.8. The highest BCUT2D eigenvalue weighted by Crippen LogP contribution is 2.24. The second kappa shape index (κ2) is 21.3. The maximum absolute atomic E-state index is 13.0. The fourth-order valence-corrected chi connectivity index (χ4v) is 4.92. The van der Waals surface area contributed by atoms with Gasteiger partial charge in [0.2, 0.25) is 0 Å². The fraction of sp³-hybridized carbons (Fsp3) is 0.900. The highest BCUT2D eigenvalue weighted by molar-refractivity contribution is 5.90. The van der Waals surface area contributed by atoms with Crippen molar-refractivity contribution in [3.8, 4) is 0 Å². The van der Waals surface area contributed by atoms with Gasteiger partial charge in [-0.2, -0.15) is 0 Å². The summed E-state index contributed by atoms with van der Waals surface area (Å²) in [4.78, 5) is 38.4. The minimum absolute atomic E-state index is 0.150. The number of ether oxygens (including phenoxy) is 3. The molecule has 0 aliphatic heterocycles. The maximum Gasteiger partial charge on any atom is 0.339 e. The van der Waals surface area contributed by atoms with Crippen LogP contribution in [0.15, 0.2) is 0 Å². The van der Waals surface area contributed by atoms with E-state index in [1.165, 1.54) is 0 Å². The van der Waals surface area contributed by atoms with Gasteiger partial charge < -0.3 is 19.3 Å². The topological polar surface area (TPSA) is 99.1 Å². The Morgan fingerprint density at radius 1 is 0.541 bits per heavy atom. The number of hydrogen-bond acceptors (Lipinski definition) is 7. The van der Waals surface area contributed by atoms with Gasteiger partial charge in [-0.15, -0.1) is 0 Å².